The Hall–Kier alpha value is -1.32. The predicted molar refractivity (Wildman–Crippen MR) is 58.8 cm³/mol. The van der Waals surface area contributed by atoms with Gasteiger partial charge in [0.1, 0.15) is 12.0 Å². The minimum absolute atomic E-state index is 0.0808. The first-order valence-electron chi connectivity index (χ1n) is 5.09. The Morgan fingerprint density at radius 2 is 2.27 bits per heavy atom. The van der Waals surface area contributed by atoms with Crippen molar-refractivity contribution in [3.63, 3.8) is 0 Å². The van der Waals surface area contributed by atoms with Crippen LogP contribution in [0, 0.1) is 0 Å². The molecule has 2 rings (SSSR count). The SMILES string of the molecule is C=CC(Oc1ccccc1)C1NCCO1. The van der Waals surface area contributed by atoms with Gasteiger partial charge in [-0.1, -0.05) is 24.8 Å². The van der Waals surface area contributed by atoms with Crippen LogP contribution in [-0.2, 0) is 4.74 Å². The van der Waals surface area contributed by atoms with E-state index in [2.05, 4.69) is 11.9 Å². The number of hydrogen-bond acceptors (Lipinski definition) is 3. The Labute approximate surface area is 89.7 Å². The van der Waals surface area contributed by atoms with E-state index in [0.717, 1.165) is 18.9 Å². The molecule has 1 aromatic rings. The van der Waals surface area contributed by atoms with Crippen molar-refractivity contribution in [1.82, 2.24) is 5.32 Å². The lowest BCUT2D eigenvalue weighted by Crippen LogP contribution is -2.38. The molecule has 0 bridgehead atoms. The maximum absolute atomic E-state index is 5.74. The van der Waals surface area contributed by atoms with Gasteiger partial charge in [-0.05, 0) is 18.2 Å². The molecule has 3 nitrogen and oxygen atoms in total. The molecule has 2 unspecified atom stereocenters. The van der Waals surface area contributed by atoms with Crippen LogP contribution in [0.5, 0.6) is 5.75 Å². The molecule has 0 amide bonds. The Kier molecular flexibility index (Phi) is 3.37. The Morgan fingerprint density at radius 3 is 2.87 bits per heavy atom. The molecule has 80 valence electrons. The third-order valence-corrected chi connectivity index (χ3v) is 2.29. The number of hydrogen-bond donors (Lipinski definition) is 1. The second-order valence-corrected chi connectivity index (χ2v) is 3.38. The highest BCUT2D eigenvalue weighted by Gasteiger charge is 2.24. The third kappa shape index (κ3) is 2.58. The smallest absolute Gasteiger partial charge is 0.156 e. The summed E-state index contributed by atoms with van der Waals surface area (Å²) in [6.45, 7) is 5.35. The van der Waals surface area contributed by atoms with Crippen LogP contribution in [0.15, 0.2) is 43.0 Å². The van der Waals surface area contributed by atoms with Gasteiger partial charge in [-0.2, -0.15) is 0 Å². The van der Waals surface area contributed by atoms with Crippen LogP contribution in [0.4, 0.5) is 0 Å². The highest BCUT2D eigenvalue weighted by molar-refractivity contribution is 5.22. The Morgan fingerprint density at radius 1 is 1.47 bits per heavy atom. The average Bonchev–Trinajstić information content (AvgIpc) is 2.81. The van der Waals surface area contributed by atoms with Crippen molar-refractivity contribution < 1.29 is 9.47 Å². The zero-order valence-corrected chi connectivity index (χ0v) is 8.56. The zero-order valence-electron chi connectivity index (χ0n) is 8.56. The molecular formula is C12H15NO2. The third-order valence-electron chi connectivity index (χ3n) is 2.29. The van der Waals surface area contributed by atoms with Gasteiger partial charge in [0.25, 0.3) is 0 Å². The van der Waals surface area contributed by atoms with Crippen molar-refractivity contribution in [2.45, 2.75) is 12.3 Å². The maximum Gasteiger partial charge on any atom is 0.156 e. The van der Waals surface area contributed by atoms with Gasteiger partial charge in [0.15, 0.2) is 6.10 Å². The molecule has 1 aliphatic heterocycles. The Bertz CT molecular complexity index is 307. The van der Waals surface area contributed by atoms with Crippen LogP contribution in [0.3, 0.4) is 0 Å². The second-order valence-electron chi connectivity index (χ2n) is 3.38. The van der Waals surface area contributed by atoms with Crippen molar-refractivity contribution in [2.75, 3.05) is 13.2 Å². The monoisotopic (exact) mass is 205 g/mol. The highest BCUT2D eigenvalue weighted by atomic mass is 16.6. The molecule has 15 heavy (non-hydrogen) atoms. The normalized spacial score (nSPS) is 22.3. The highest BCUT2D eigenvalue weighted by Crippen LogP contribution is 2.14. The maximum atomic E-state index is 5.74. The second kappa shape index (κ2) is 4.96. The van der Waals surface area contributed by atoms with E-state index in [1.54, 1.807) is 6.08 Å². The first-order valence-corrected chi connectivity index (χ1v) is 5.09. The van der Waals surface area contributed by atoms with E-state index in [1.807, 2.05) is 30.3 Å². The first kappa shape index (κ1) is 10.2. The molecule has 0 spiro atoms. The largest absolute Gasteiger partial charge is 0.482 e. The first-order chi connectivity index (χ1) is 7.40. The molecule has 2 atom stereocenters. The minimum Gasteiger partial charge on any atom is -0.482 e. The summed E-state index contributed by atoms with van der Waals surface area (Å²) in [5.74, 6) is 0.833. The lowest BCUT2D eigenvalue weighted by atomic mass is 10.3. The van der Waals surface area contributed by atoms with Gasteiger partial charge in [0, 0.05) is 6.54 Å². The van der Waals surface area contributed by atoms with E-state index in [-0.39, 0.29) is 12.3 Å². The van der Waals surface area contributed by atoms with E-state index in [0.29, 0.717) is 0 Å². The van der Waals surface area contributed by atoms with Crippen LogP contribution in [0.25, 0.3) is 0 Å². The molecule has 1 saturated heterocycles. The van der Waals surface area contributed by atoms with Crippen molar-refractivity contribution in [3.8, 4) is 5.75 Å². The fourth-order valence-corrected chi connectivity index (χ4v) is 1.55. The molecule has 3 heteroatoms. The van der Waals surface area contributed by atoms with Gasteiger partial charge < -0.3 is 9.47 Å². The van der Waals surface area contributed by atoms with Crippen LogP contribution in [-0.4, -0.2) is 25.5 Å². The van der Waals surface area contributed by atoms with Crippen LogP contribution >= 0.6 is 0 Å². The molecule has 0 aromatic heterocycles. The van der Waals surface area contributed by atoms with Crippen molar-refractivity contribution in [2.24, 2.45) is 0 Å². The standard InChI is InChI=1S/C12H15NO2/c1-2-11(12-13-8-9-14-12)15-10-6-4-3-5-7-10/h2-7,11-13H,1,8-9H2. The van der Waals surface area contributed by atoms with E-state index >= 15 is 0 Å². The molecule has 1 aromatic carbocycles. The predicted octanol–water partition coefficient (Wildman–Crippen LogP) is 1.57. The van der Waals surface area contributed by atoms with Gasteiger partial charge in [-0.25, -0.2) is 0 Å². The quantitative estimate of drug-likeness (QED) is 0.757. The number of ether oxygens (including phenoxy) is 2. The molecule has 0 radical (unpaired) electrons. The fraction of sp³-hybridized carbons (Fsp3) is 0.333. The minimum atomic E-state index is -0.144. The molecule has 0 saturated carbocycles. The zero-order chi connectivity index (χ0) is 10.5. The summed E-state index contributed by atoms with van der Waals surface area (Å²) in [4.78, 5) is 0. The van der Waals surface area contributed by atoms with Crippen LogP contribution < -0.4 is 10.1 Å². The lowest BCUT2D eigenvalue weighted by molar-refractivity contribution is 0.0248. The lowest BCUT2D eigenvalue weighted by Gasteiger charge is -2.21. The van der Waals surface area contributed by atoms with E-state index in [9.17, 15) is 0 Å². The van der Waals surface area contributed by atoms with Gasteiger partial charge >= 0.3 is 0 Å². The van der Waals surface area contributed by atoms with Gasteiger partial charge in [0.2, 0.25) is 0 Å². The van der Waals surface area contributed by atoms with Gasteiger partial charge in [-0.15, -0.1) is 0 Å². The fourth-order valence-electron chi connectivity index (χ4n) is 1.55. The number of nitrogens with one attached hydrogen (secondary N) is 1. The van der Waals surface area contributed by atoms with Crippen LogP contribution in [0.1, 0.15) is 0 Å². The number of para-hydroxylation sites is 1. The van der Waals surface area contributed by atoms with E-state index in [4.69, 9.17) is 9.47 Å². The summed E-state index contributed by atoms with van der Waals surface area (Å²) >= 11 is 0. The van der Waals surface area contributed by atoms with E-state index < -0.39 is 0 Å². The van der Waals surface area contributed by atoms with Crippen molar-refractivity contribution >= 4 is 0 Å². The molecule has 1 N–H and O–H groups in total. The average molecular weight is 205 g/mol. The molecule has 1 fully saturated rings. The summed E-state index contributed by atoms with van der Waals surface area (Å²) in [6, 6.07) is 9.69. The van der Waals surface area contributed by atoms with Crippen molar-refractivity contribution in [1.29, 1.82) is 0 Å². The molecule has 1 heterocycles. The summed E-state index contributed by atoms with van der Waals surface area (Å²) in [5.41, 5.74) is 0. The summed E-state index contributed by atoms with van der Waals surface area (Å²) in [5, 5.41) is 3.21. The van der Waals surface area contributed by atoms with Gasteiger partial charge in [-0.3, -0.25) is 5.32 Å². The Balaban J connectivity index is 1.99. The summed E-state index contributed by atoms with van der Waals surface area (Å²) in [7, 11) is 0. The molecular weight excluding hydrogens is 190 g/mol. The van der Waals surface area contributed by atoms with Gasteiger partial charge in [0.05, 0.1) is 6.61 Å². The molecule has 1 aliphatic rings. The number of benzene rings is 1. The van der Waals surface area contributed by atoms with Crippen molar-refractivity contribution in [3.05, 3.63) is 43.0 Å². The number of rotatable bonds is 4. The summed E-state index contributed by atoms with van der Waals surface area (Å²) in [6.07, 6.45) is 1.54. The summed E-state index contributed by atoms with van der Waals surface area (Å²) < 4.78 is 11.2. The van der Waals surface area contributed by atoms with E-state index in [1.165, 1.54) is 0 Å². The topological polar surface area (TPSA) is 30.5 Å². The molecule has 0 aliphatic carbocycles. The van der Waals surface area contributed by atoms with Crippen LogP contribution in [0.2, 0.25) is 0 Å².